The molecule has 1 N–H and O–H groups in total. The molecule has 0 aliphatic heterocycles. The van der Waals surface area contributed by atoms with Gasteiger partial charge in [-0.25, -0.2) is 4.98 Å². The van der Waals surface area contributed by atoms with Gasteiger partial charge in [-0.3, -0.25) is 4.79 Å². The average Bonchev–Trinajstić information content (AvgIpc) is 2.45. The Kier molecular flexibility index (Phi) is 5.22. The van der Waals surface area contributed by atoms with Gasteiger partial charge in [-0.05, 0) is 45.0 Å². The lowest BCUT2D eigenvalue weighted by Crippen LogP contribution is -2.55. The topological polar surface area (TPSA) is 45.2 Å². The second-order valence-corrected chi connectivity index (χ2v) is 6.70. The number of nitrogens with zero attached hydrogens (tertiary/aromatic N) is 2. The third kappa shape index (κ3) is 3.74. The number of hydrogen-bond acceptors (Lipinski definition) is 3. The van der Waals surface area contributed by atoms with Crippen molar-refractivity contribution in [3.8, 4) is 0 Å². The van der Waals surface area contributed by atoms with Crippen LogP contribution >= 0.6 is 11.6 Å². The molecule has 1 heterocycles. The number of nitrogens with one attached hydrogen (secondary N) is 1. The quantitative estimate of drug-likeness (QED) is 0.870. The van der Waals surface area contributed by atoms with Crippen LogP contribution in [0.25, 0.3) is 0 Å². The van der Waals surface area contributed by atoms with E-state index >= 15 is 0 Å². The molecule has 2 unspecified atom stereocenters. The first-order valence-corrected chi connectivity index (χ1v) is 7.88. The van der Waals surface area contributed by atoms with Crippen molar-refractivity contribution in [3.63, 3.8) is 0 Å². The van der Waals surface area contributed by atoms with Gasteiger partial charge in [-0.2, -0.15) is 0 Å². The molecule has 1 aliphatic rings. The minimum atomic E-state index is -0.146. The van der Waals surface area contributed by atoms with Crippen molar-refractivity contribution in [2.24, 2.45) is 5.92 Å². The van der Waals surface area contributed by atoms with Crippen LogP contribution in [0.2, 0.25) is 5.15 Å². The Morgan fingerprint density at radius 2 is 2.33 bits per heavy atom. The first-order chi connectivity index (χ1) is 9.94. The lowest BCUT2D eigenvalue weighted by atomic mass is 9.75. The van der Waals surface area contributed by atoms with E-state index in [2.05, 4.69) is 36.2 Å². The highest BCUT2D eigenvalue weighted by molar-refractivity contribution is 6.32. The highest BCUT2D eigenvalue weighted by Gasteiger charge is 2.37. The van der Waals surface area contributed by atoms with Crippen LogP contribution in [-0.2, 0) is 0 Å². The fourth-order valence-corrected chi connectivity index (χ4v) is 3.46. The van der Waals surface area contributed by atoms with E-state index in [9.17, 15) is 4.79 Å². The number of likely N-dealkylation sites (N-methyl/N-ethyl adjacent to an activating group) is 1. The standard InChI is InChI=1S/C16H24ClN3O/c1-12-6-4-8-16(10-12,20(2)3)11-19-15(21)13-7-5-9-18-14(13)17/h5,7,9,12H,4,6,8,10-11H2,1-3H3,(H,19,21). The third-order valence-corrected chi connectivity index (χ3v) is 4.90. The van der Waals surface area contributed by atoms with Gasteiger partial charge in [0.2, 0.25) is 0 Å². The molecule has 1 fully saturated rings. The van der Waals surface area contributed by atoms with Crippen LogP contribution in [0.5, 0.6) is 0 Å². The highest BCUT2D eigenvalue weighted by atomic mass is 35.5. The van der Waals surface area contributed by atoms with Gasteiger partial charge in [0.1, 0.15) is 5.15 Å². The molecule has 21 heavy (non-hydrogen) atoms. The number of hydrogen-bond donors (Lipinski definition) is 1. The first kappa shape index (κ1) is 16.2. The zero-order chi connectivity index (χ0) is 15.5. The van der Waals surface area contributed by atoms with E-state index in [0.29, 0.717) is 18.0 Å². The van der Waals surface area contributed by atoms with Crippen molar-refractivity contribution < 1.29 is 4.79 Å². The maximum atomic E-state index is 12.3. The van der Waals surface area contributed by atoms with Gasteiger partial charge in [-0.15, -0.1) is 0 Å². The molecule has 0 radical (unpaired) electrons. The predicted molar refractivity (Wildman–Crippen MR) is 85.6 cm³/mol. The molecule has 0 bridgehead atoms. The van der Waals surface area contributed by atoms with Crippen molar-refractivity contribution in [1.82, 2.24) is 15.2 Å². The largest absolute Gasteiger partial charge is 0.350 e. The Bertz CT molecular complexity index is 506. The Morgan fingerprint density at radius 3 is 2.95 bits per heavy atom. The monoisotopic (exact) mass is 309 g/mol. The van der Waals surface area contributed by atoms with Crippen LogP contribution in [0.3, 0.4) is 0 Å². The summed E-state index contributed by atoms with van der Waals surface area (Å²) < 4.78 is 0. The van der Waals surface area contributed by atoms with E-state index in [-0.39, 0.29) is 16.6 Å². The molecule has 0 spiro atoms. The molecule has 2 rings (SSSR count). The Balaban J connectivity index is 2.06. The van der Waals surface area contributed by atoms with Crippen molar-refractivity contribution in [2.75, 3.05) is 20.6 Å². The molecule has 116 valence electrons. The fraction of sp³-hybridized carbons (Fsp3) is 0.625. The van der Waals surface area contributed by atoms with Gasteiger partial charge in [0.25, 0.3) is 5.91 Å². The molecule has 1 aromatic rings. The normalized spacial score (nSPS) is 25.9. The molecule has 4 nitrogen and oxygen atoms in total. The average molecular weight is 310 g/mol. The van der Waals surface area contributed by atoms with Crippen LogP contribution in [-0.4, -0.2) is 42.0 Å². The summed E-state index contributed by atoms with van der Waals surface area (Å²) in [7, 11) is 4.20. The molecule has 0 aromatic carbocycles. The maximum absolute atomic E-state index is 12.3. The van der Waals surface area contributed by atoms with Gasteiger partial charge in [0.15, 0.2) is 0 Å². The summed E-state index contributed by atoms with van der Waals surface area (Å²) in [5.41, 5.74) is 0.485. The SMILES string of the molecule is CC1CCCC(CNC(=O)c2cccnc2Cl)(N(C)C)C1. The van der Waals surface area contributed by atoms with E-state index < -0.39 is 0 Å². The molecule has 5 heteroatoms. The fourth-order valence-electron chi connectivity index (χ4n) is 3.25. The van der Waals surface area contributed by atoms with Crippen LogP contribution in [0.4, 0.5) is 0 Å². The summed E-state index contributed by atoms with van der Waals surface area (Å²) in [6, 6.07) is 3.43. The third-order valence-electron chi connectivity index (χ3n) is 4.60. The minimum absolute atomic E-state index is 0.0437. The summed E-state index contributed by atoms with van der Waals surface area (Å²) in [4.78, 5) is 18.5. The van der Waals surface area contributed by atoms with Crippen LogP contribution < -0.4 is 5.32 Å². The van der Waals surface area contributed by atoms with Crippen molar-refractivity contribution in [2.45, 2.75) is 38.1 Å². The summed E-state index contributed by atoms with van der Waals surface area (Å²) >= 11 is 5.98. The molecular weight excluding hydrogens is 286 g/mol. The number of aromatic nitrogens is 1. The smallest absolute Gasteiger partial charge is 0.254 e. The van der Waals surface area contributed by atoms with Crippen molar-refractivity contribution in [3.05, 3.63) is 29.0 Å². The second kappa shape index (κ2) is 6.75. The summed E-state index contributed by atoms with van der Waals surface area (Å²) in [6.45, 7) is 2.94. The van der Waals surface area contributed by atoms with Crippen LogP contribution in [0, 0.1) is 5.92 Å². The molecule has 1 aromatic heterocycles. The molecule has 1 amide bonds. The molecular formula is C16H24ClN3O. The zero-order valence-corrected chi connectivity index (χ0v) is 13.8. The number of pyridine rings is 1. The second-order valence-electron chi connectivity index (χ2n) is 6.34. The lowest BCUT2D eigenvalue weighted by molar-refractivity contribution is 0.0675. The molecule has 0 saturated heterocycles. The van der Waals surface area contributed by atoms with E-state index in [1.807, 2.05) is 0 Å². The van der Waals surface area contributed by atoms with E-state index in [1.165, 1.54) is 12.8 Å². The van der Waals surface area contributed by atoms with Gasteiger partial charge in [0, 0.05) is 18.3 Å². The van der Waals surface area contributed by atoms with E-state index in [4.69, 9.17) is 11.6 Å². The van der Waals surface area contributed by atoms with Gasteiger partial charge >= 0.3 is 0 Å². The minimum Gasteiger partial charge on any atom is -0.350 e. The molecule has 1 saturated carbocycles. The number of amides is 1. The number of carbonyl (C=O) groups is 1. The number of halogens is 1. The van der Waals surface area contributed by atoms with Crippen molar-refractivity contribution in [1.29, 1.82) is 0 Å². The maximum Gasteiger partial charge on any atom is 0.254 e. The highest BCUT2D eigenvalue weighted by Crippen LogP contribution is 2.35. The van der Waals surface area contributed by atoms with E-state index in [1.54, 1.807) is 18.3 Å². The Morgan fingerprint density at radius 1 is 1.57 bits per heavy atom. The number of carbonyl (C=O) groups excluding carboxylic acids is 1. The van der Waals surface area contributed by atoms with Gasteiger partial charge < -0.3 is 10.2 Å². The van der Waals surface area contributed by atoms with Crippen LogP contribution in [0.15, 0.2) is 18.3 Å². The Labute approximate surface area is 131 Å². The summed E-state index contributed by atoms with van der Waals surface area (Å²) in [5, 5.41) is 3.30. The zero-order valence-electron chi connectivity index (χ0n) is 13.0. The number of rotatable bonds is 4. The van der Waals surface area contributed by atoms with Gasteiger partial charge in [-0.1, -0.05) is 31.4 Å². The summed E-state index contributed by atoms with van der Waals surface area (Å²) in [5.74, 6) is 0.549. The Hall–Kier alpha value is -1.13. The lowest BCUT2D eigenvalue weighted by Gasteiger charge is -2.45. The van der Waals surface area contributed by atoms with E-state index in [0.717, 1.165) is 12.8 Å². The van der Waals surface area contributed by atoms with Gasteiger partial charge in [0.05, 0.1) is 5.56 Å². The first-order valence-electron chi connectivity index (χ1n) is 7.51. The predicted octanol–water partition coefficient (Wildman–Crippen LogP) is 2.98. The molecule has 1 aliphatic carbocycles. The molecule has 2 atom stereocenters. The van der Waals surface area contributed by atoms with Crippen molar-refractivity contribution >= 4 is 17.5 Å². The van der Waals surface area contributed by atoms with Crippen LogP contribution in [0.1, 0.15) is 43.0 Å². The summed E-state index contributed by atoms with van der Waals surface area (Å²) in [6.07, 6.45) is 6.30.